The highest BCUT2D eigenvalue weighted by molar-refractivity contribution is 5.98. The number of nitrogens with two attached hydrogens (primary N) is 1. The molecule has 1 aromatic carbocycles. The second-order valence-electron chi connectivity index (χ2n) is 5.96. The molecule has 144 valence electrons. The minimum absolute atomic E-state index is 0.111. The highest BCUT2D eigenvalue weighted by Gasteiger charge is 2.44. The third-order valence-corrected chi connectivity index (χ3v) is 3.66. The Bertz CT molecular complexity index is 791. The van der Waals surface area contributed by atoms with Crippen molar-refractivity contribution in [3.63, 3.8) is 0 Å². The van der Waals surface area contributed by atoms with Gasteiger partial charge in [-0.2, -0.15) is 0 Å². The highest BCUT2D eigenvalue weighted by atomic mass is 19.3. The van der Waals surface area contributed by atoms with Crippen molar-refractivity contribution in [2.75, 3.05) is 0 Å². The van der Waals surface area contributed by atoms with Gasteiger partial charge in [0.1, 0.15) is 11.6 Å². The van der Waals surface area contributed by atoms with Crippen molar-refractivity contribution in [1.29, 1.82) is 0 Å². The maximum Gasteiger partial charge on any atom is 0.268 e. The highest BCUT2D eigenvalue weighted by Crippen LogP contribution is 2.18. The van der Waals surface area contributed by atoms with Crippen molar-refractivity contribution in [3.8, 4) is 11.8 Å². The van der Waals surface area contributed by atoms with Crippen LogP contribution in [0.1, 0.15) is 29.8 Å². The number of hydrogen-bond donors (Lipinski definition) is 4. The van der Waals surface area contributed by atoms with Crippen LogP contribution in [0.15, 0.2) is 48.6 Å². The first-order valence-corrected chi connectivity index (χ1v) is 7.86. The fourth-order valence-electron chi connectivity index (χ4n) is 2.00. The minimum atomic E-state index is -3.12. The Balaban J connectivity index is 2.99. The lowest BCUT2D eigenvalue weighted by Crippen LogP contribution is -2.66. The van der Waals surface area contributed by atoms with Gasteiger partial charge in [-0.3, -0.25) is 14.8 Å². The SMILES string of the molecule is C=CC=C(C)C#Cc1ccc(C(=O)NC(C(=O)NO)C(C)(N)C(F)F)cc1. The lowest BCUT2D eigenvalue weighted by molar-refractivity contribution is -0.134. The average molecular weight is 377 g/mol. The van der Waals surface area contributed by atoms with E-state index in [4.69, 9.17) is 10.9 Å². The maximum atomic E-state index is 13.1. The van der Waals surface area contributed by atoms with Gasteiger partial charge in [0.15, 0.2) is 0 Å². The third-order valence-electron chi connectivity index (χ3n) is 3.66. The molecule has 8 heteroatoms. The Labute approximate surface area is 156 Å². The minimum Gasteiger partial charge on any atom is -0.338 e. The van der Waals surface area contributed by atoms with Gasteiger partial charge in [-0.05, 0) is 43.7 Å². The van der Waals surface area contributed by atoms with E-state index in [-0.39, 0.29) is 5.56 Å². The molecule has 0 fully saturated rings. The average Bonchev–Trinajstić information content (AvgIpc) is 2.64. The predicted octanol–water partition coefficient (Wildman–Crippen LogP) is 1.76. The smallest absolute Gasteiger partial charge is 0.268 e. The first-order valence-electron chi connectivity index (χ1n) is 7.86. The number of rotatable bonds is 6. The second kappa shape index (κ2) is 9.62. The third kappa shape index (κ3) is 6.02. The number of hydrogen-bond acceptors (Lipinski definition) is 4. The van der Waals surface area contributed by atoms with Crippen molar-refractivity contribution in [1.82, 2.24) is 10.8 Å². The van der Waals surface area contributed by atoms with Gasteiger partial charge < -0.3 is 11.1 Å². The van der Waals surface area contributed by atoms with Crippen molar-refractivity contribution in [2.45, 2.75) is 31.9 Å². The Kier molecular flexibility index (Phi) is 7.84. The van der Waals surface area contributed by atoms with Gasteiger partial charge >= 0.3 is 0 Å². The molecule has 0 aliphatic rings. The van der Waals surface area contributed by atoms with Crippen molar-refractivity contribution in [2.24, 2.45) is 5.73 Å². The van der Waals surface area contributed by atoms with E-state index in [1.807, 2.05) is 6.92 Å². The molecule has 0 heterocycles. The van der Waals surface area contributed by atoms with E-state index in [0.717, 1.165) is 12.5 Å². The Morgan fingerprint density at radius 3 is 2.41 bits per heavy atom. The molecule has 2 atom stereocenters. The quantitative estimate of drug-likeness (QED) is 0.262. The van der Waals surface area contributed by atoms with E-state index in [0.29, 0.717) is 5.56 Å². The standard InChI is InChI=1S/C19H21F2N3O3/c1-4-5-12(2)6-7-13-8-10-14(11-9-13)16(25)23-15(17(26)24-27)19(3,22)18(20)21/h4-5,8-11,15,18,27H,1,22H2,2-3H3,(H,23,25)(H,24,26). The zero-order valence-corrected chi connectivity index (χ0v) is 14.9. The van der Waals surface area contributed by atoms with Gasteiger partial charge in [0.2, 0.25) is 0 Å². The van der Waals surface area contributed by atoms with E-state index in [9.17, 15) is 18.4 Å². The molecule has 0 spiro atoms. The fraction of sp³-hybridized carbons (Fsp3) is 0.263. The largest absolute Gasteiger partial charge is 0.338 e. The Hall–Kier alpha value is -3.02. The summed E-state index contributed by atoms with van der Waals surface area (Å²) in [5, 5.41) is 10.9. The predicted molar refractivity (Wildman–Crippen MR) is 97.1 cm³/mol. The lowest BCUT2D eigenvalue weighted by atomic mass is 9.92. The normalized spacial score (nSPS) is 14.4. The summed E-state index contributed by atoms with van der Waals surface area (Å²) in [5.41, 5.74) is 5.85. The fourth-order valence-corrected chi connectivity index (χ4v) is 2.00. The zero-order valence-electron chi connectivity index (χ0n) is 14.9. The van der Waals surface area contributed by atoms with Crippen LogP contribution in [0.5, 0.6) is 0 Å². The summed E-state index contributed by atoms with van der Waals surface area (Å²) in [6, 6.07) is 4.14. The van der Waals surface area contributed by atoms with Crippen LogP contribution in [0.4, 0.5) is 8.78 Å². The van der Waals surface area contributed by atoms with E-state index in [1.165, 1.54) is 17.6 Å². The summed E-state index contributed by atoms with van der Waals surface area (Å²) >= 11 is 0. The first-order chi connectivity index (χ1) is 12.6. The number of allylic oxidation sites excluding steroid dienone is 3. The van der Waals surface area contributed by atoms with Gasteiger partial charge in [0.05, 0.1) is 0 Å². The molecule has 5 N–H and O–H groups in total. The van der Waals surface area contributed by atoms with Gasteiger partial charge in [-0.25, -0.2) is 14.3 Å². The summed E-state index contributed by atoms with van der Waals surface area (Å²) in [6.07, 6.45) is 0.235. The molecule has 0 bridgehead atoms. The summed E-state index contributed by atoms with van der Waals surface area (Å²) < 4.78 is 26.2. The number of alkyl halides is 2. The van der Waals surface area contributed by atoms with E-state index >= 15 is 0 Å². The number of carbonyl (C=O) groups excluding carboxylic acids is 2. The van der Waals surface area contributed by atoms with Crippen LogP contribution < -0.4 is 16.5 Å². The Morgan fingerprint density at radius 2 is 1.93 bits per heavy atom. The van der Waals surface area contributed by atoms with Crippen molar-refractivity contribution < 1.29 is 23.6 Å². The first kappa shape index (κ1) is 22.0. The zero-order chi connectivity index (χ0) is 20.6. The lowest BCUT2D eigenvalue weighted by Gasteiger charge is -2.32. The number of benzene rings is 1. The number of amides is 2. The van der Waals surface area contributed by atoms with Crippen LogP contribution in [0.3, 0.4) is 0 Å². The number of halogens is 2. The molecule has 0 aliphatic carbocycles. The molecule has 1 rings (SSSR count). The number of carbonyl (C=O) groups is 2. The van der Waals surface area contributed by atoms with Gasteiger partial charge in [-0.1, -0.05) is 30.6 Å². The van der Waals surface area contributed by atoms with E-state index in [1.54, 1.807) is 24.3 Å². The molecule has 0 radical (unpaired) electrons. The van der Waals surface area contributed by atoms with Crippen LogP contribution in [0.25, 0.3) is 0 Å². The molecular weight excluding hydrogens is 356 g/mol. The molecule has 1 aromatic rings. The summed E-state index contributed by atoms with van der Waals surface area (Å²) in [5.74, 6) is 3.73. The number of hydroxylamine groups is 1. The van der Waals surface area contributed by atoms with Gasteiger partial charge in [0.25, 0.3) is 18.2 Å². The molecule has 6 nitrogen and oxygen atoms in total. The molecule has 0 aliphatic heterocycles. The van der Waals surface area contributed by atoms with Crippen molar-refractivity contribution in [3.05, 3.63) is 59.7 Å². The molecule has 0 saturated heterocycles. The molecule has 2 amide bonds. The van der Waals surface area contributed by atoms with Gasteiger partial charge in [-0.15, -0.1) is 0 Å². The monoisotopic (exact) mass is 377 g/mol. The van der Waals surface area contributed by atoms with Crippen LogP contribution >= 0.6 is 0 Å². The molecule has 0 aromatic heterocycles. The number of nitrogens with one attached hydrogen (secondary N) is 2. The molecule has 2 unspecified atom stereocenters. The van der Waals surface area contributed by atoms with E-state index in [2.05, 4.69) is 23.7 Å². The summed E-state index contributed by atoms with van der Waals surface area (Å²) in [4.78, 5) is 23.9. The summed E-state index contributed by atoms with van der Waals surface area (Å²) in [7, 11) is 0. The van der Waals surface area contributed by atoms with Crippen LogP contribution in [0, 0.1) is 11.8 Å². The topological polar surface area (TPSA) is 104 Å². The molecular formula is C19H21F2N3O3. The van der Waals surface area contributed by atoms with E-state index < -0.39 is 29.8 Å². The van der Waals surface area contributed by atoms with Crippen LogP contribution in [-0.4, -0.2) is 35.0 Å². The molecule has 27 heavy (non-hydrogen) atoms. The van der Waals surface area contributed by atoms with Crippen LogP contribution in [-0.2, 0) is 4.79 Å². The van der Waals surface area contributed by atoms with Crippen LogP contribution in [0.2, 0.25) is 0 Å². The second-order valence-corrected chi connectivity index (χ2v) is 5.96. The summed E-state index contributed by atoms with van der Waals surface area (Å²) in [6.45, 7) is 6.28. The maximum absolute atomic E-state index is 13.1. The van der Waals surface area contributed by atoms with Gasteiger partial charge in [0, 0.05) is 11.1 Å². The molecule has 0 saturated carbocycles. The van der Waals surface area contributed by atoms with Crippen molar-refractivity contribution >= 4 is 11.8 Å². The Morgan fingerprint density at radius 1 is 1.33 bits per heavy atom.